The SMILES string of the molecule is C=PN(c1ccccc1)c1ccccc1N=Cc1cc(C(C)(C)C)cc(C(C)(C)C)c1O. The summed E-state index contributed by atoms with van der Waals surface area (Å²) in [6, 6.07) is 22.4. The van der Waals surface area contributed by atoms with Crippen molar-refractivity contribution in [2.75, 3.05) is 4.67 Å². The zero-order valence-electron chi connectivity index (χ0n) is 19.9. The number of hydrogen-bond donors (Lipinski definition) is 1. The van der Waals surface area contributed by atoms with Crippen LogP contribution >= 0.6 is 8.35 Å². The van der Waals surface area contributed by atoms with Gasteiger partial charge in [0.05, 0.1) is 11.4 Å². The van der Waals surface area contributed by atoms with Gasteiger partial charge >= 0.3 is 0 Å². The van der Waals surface area contributed by atoms with Crippen LogP contribution in [0.15, 0.2) is 71.7 Å². The second-order valence-electron chi connectivity index (χ2n) is 10.00. The molecule has 3 aromatic carbocycles. The van der Waals surface area contributed by atoms with Crippen molar-refractivity contribution in [2.24, 2.45) is 4.99 Å². The topological polar surface area (TPSA) is 35.8 Å². The smallest absolute Gasteiger partial charge is 0.128 e. The van der Waals surface area contributed by atoms with Crippen LogP contribution in [0.3, 0.4) is 0 Å². The summed E-state index contributed by atoms with van der Waals surface area (Å²) in [7, 11) is 0.848. The highest BCUT2D eigenvalue weighted by molar-refractivity contribution is 7.39. The van der Waals surface area contributed by atoms with Gasteiger partial charge in [-0.15, -0.1) is 0 Å². The van der Waals surface area contributed by atoms with Gasteiger partial charge in [-0.3, -0.25) is 9.66 Å². The Labute approximate surface area is 194 Å². The van der Waals surface area contributed by atoms with Gasteiger partial charge in [-0.05, 0) is 46.7 Å². The molecule has 0 aliphatic heterocycles. The minimum atomic E-state index is -0.178. The van der Waals surface area contributed by atoms with Crippen LogP contribution in [-0.4, -0.2) is 17.6 Å². The fraction of sp³-hybridized carbons (Fsp3) is 0.286. The van der Waals surface area contributed by atoms with E-state index < -0.39 is 0 Å². The van der Waals surface area contributed by atoms with E-state index in [4.69, 9.17) is 4.99 Å². The highest BCUT2D eigenvalue weighted by Crippen LogP contribution is 2.40. The van der Waals surface area contributed by atoms with Crippen molar-refractivity contribution < 1.29 is 5.11 Å². The second-order valence-corrected chi connectivity index (χ2v) is 10.7. The summed E-state index contributed by atoms with van der Waals surface area (Å²) in [6.07, 6.45) is 5.88. The molecule has 0 atom stereocenters. The molecule has 0 unspecified atom stereocenters. The van der Waals surface area contributed by atoms with Gasteiger partial charge in [0.1, 0.15) is 5.75 Å². The normalized spacial score (nSPS) is 12.4. The molecule has 4 heteroatoms. The molecule has 0 aromatic heterocycles. The highest BCUT2D eigenvalue weighted by atomic mass is 31.1. The number of anilines is 2. The molecule has 32 heavy (non-hydrogen) atoms. The third kappa shape index (κ3) is 5.29. The van der Waals surface area contributed by atoms with Crippen LogP contribution in [0, 0.1) is 0 Å². The van der Waals surface area contributed by atoms with E-state index in [-0.39, 0.29) is 10.8 Å². The summed E-state index contributed by atoms with van der Waals surface area (Å²) >= 11 is 0. The fourth-order valence-corrected chi connectivity index (χ4v) is 4.14. The Balaban J connectivity index is 2.10. The molecule has 0 amide bonds. The van der Waals surface area contributed by atoms with E-state index >= 15 is 0 Å². The molecule has 0 saturated carbocycles. The van der Waals surface area contributed by atoms with Crippen molar-refractivity contribution in [3.8, 4) is 5.75 Å². The average Bonchev–Trinajstić information content (AvgIpc) is 2.73. The quantitative estimate of drug-likeness (QED) is 0.318. The summed E-state index contributed by atoms with van der Waals surface area (Å²) in [6.45, 7) is 12.9. The number of rotatable bonds is 5. The first-order valence-corrected chi connectivity index (χ1v) is 11.9. The van der Waals surface area contributed by atoms with Crippen molar-refractivity contribution in [3.63, 3.8) is 0 Å². The van der Waals surface area contributed by atoms with Gasteiger partial charge in [0, 0.05) is 31.4 Å². The van der Waals surface area contributed by atoms with Gasteiger partial charge in [0.25, 0.3) is 0 Å². The summed E-state index contributed by atoms with van der Waals surface area (Å²) in [4.78, 5) is 4.82. The molecule has 1 N–H and O–H groups in total. The first kappa shape index (κ1) is 23.8. The summed E-state index contributed by atoms with van der Waals surface area (Å²) in [5.74, 6) is 0.293. The molecule has 0 bridgehead atoms. The Morgan fingerprint density at radius 2 is 1.50 bits per heavy atom. The molecular weight excluding hydrogens is 411 g/mol. The number of benzene rings is 3. The molecule has 0 spiro atoms. The monoisotopic (exact) mass is 444 g/mol. The number of nitrogens with zero attached hydrogens (tertiary/aromatic N) is 2. The maximum atomic E-state index is 11.1. The lowest BCUT2D eigenvalue weighted by molar-refractivity contribution is 0.444. The van der Waals surface area contributed by atoms with Crippen LogP contribution < -0.4 is 4.67 Å². The molecule has 0 heterocycles. The van der Waals surface area contributed by atoms with Crippen molar-refractivity contribution in [1.82, 2.24) is 0 Å². The number of phenolic OH excluding ortho intramolecular Hbond substituents is 1. The van der Waals surface area contributed by atoms with Gasteiger partial charge in [0.2, 0.25) is 0 Å². The Morgan fingerprint density at radius 1 is 0.875 bits per heavy atom. The fourth-order valence-electron chi connectivity index (χ4n) is 3.52. The Morgan fingerprint density at radius 3 is 2.09 bits per heavy atom. The standard InChI is InChI=1S/C28H33N2OP/c1-27(2,3)21-17-20(26(31)23(18-21)28(4,5)6)19-29-24-15-11-12-16-25(24)30(32-7)22-13-9-8-10-14-22/h8-19,31H,7H2,1-6H3. The van der Waals surface area contributed by atoms with Crippen LogP contribution in [0.1, 0.15) is 58.2 Å². The van der Waals surface area contributed by atoms with Crippen LogP contribution in [0.4, 0.5) is 17.1 Å². The second kappa shape index (κ2) is 9.30. The molecule has 0 aliphatic carbocycles. The predicted molar refractivity (Wildman–Crippen MR) is 142 cm³/mol. The maximum absolute atomic E-state index is 11.1. The average molecular weight is 445 g/mol. The largest absolute Gasteiger partial charge is 0.507 e. The van der Waals surface area contributed by atoms with Crippen LogP contribution in [0.5, 0.6) is 5.75 Å². The molecule has 0 radical (unpaired) electrons. The predicted octanol–water partition coefficient (Wildman–Crippen LogP) is 8.17. The number of phenols is 1. The lowest BCUT2D eigenvalue weighted by Crippen LogP contribution is -2.17. The summed E-state index contributed by atoms with van der Waals surface area (Å²) in [5.41, 5.74) is 5.47. The van der Waals surface area contributed by atoms with E-state index in [2.05, 4.69) is 70.7 Å². The molecule has 0 aliphatic rings. The zero-order chi connectivity index (χ0) is 23.5. The van der Waals surface area contributed by atoms with Gasteiger partial charge in [-0.1, -0.05) is 84.2 Å². The Kier molecular flexibility index (Phi) is 6.91. The molecule has 3 rings (SSSR count). The summed E-state index contributed by atoms with van der Waals surface area (Å²) < 4.78 is 2.11. The number of para-hydroxylation sites is 3. The molecule has 166 valence electrons. The van der Waals surface area contributed by atoms with E-state index in [0.717, 1.165) is 36.5 Å². The van der Waals surface area contributed by atoms with Gasteiger partial charge in [-0.2, -0.15) is 0 Å². The van der Waals surface area contributed by atoms with Crippen LogP contribution in [0.2, 0.25) is 0 Å². The summed E-state index contributed by atoms with van der Waals surface area (Å²) in [5, 5.41) is 11.1. The molecule has 3 aromatic rings. The number of aromatic hydroxyl groups is 1. The van der Waals surface area contributed by atoms with Crippen LogP contribution in [-0.2, 0) is 10.8 Å². The molecular formula is C28H33N2OP. The van der Waals surface area contributed by atoms with Crippen molar-refractivity contribution in [1.29, 1.82) is 0 Å². The minimum Gasteiger partial charge on any atom is -0.507 e. The van der Waals surface area contributed by atoms with Gasteiger partial charge in [0.15, 0.2) is 0 Å². The third-order valence-corrected chi connectivity index (χ3v) is 6.14. The third-order valence-electron chi connectivity index (χ3n) is 5.41. The van der Waals surface area contributed by atoms with E-state index in [0.29, 0.717) is 5.75 Å². The van der Waals surface area contributed by atoms with E-state index in [1.165, 1.54) is 5.56 Å². The van der Waals surface area contributed by atoms with E-state index in [9.17, 15) is 5.11 Å². The lowest BCUT2D eigenvalue weighted by atomic mass is 9.79. The Bertz CT molecular complexity index is 1120. The zero-order valence-corrected chi connectivity index (χ0v) is 20.8. The first-order chi connectivity index (χ1) is 15.0. The number of aliphatic imine (C=N–C) groups is 1. The molecule has 3 nitrogen and oxygen atoms in total. The highest BCUT2D eigenvalue weighted by Gasteiger charge is 2.24. The van der Waals surface area contributed by atoms with Crippen LogP contribution in [0.25, 0.3) is 0 Å². The van der Waals surface area contributed by atoms with Crippen molar-refractivity contribution in [2.45, 2.75) is 52.4 Å². The van der Waals surface area contributed by atoms with Crippen molar-refractivity contribution >= 4 is 37.9 Å². The van der Waals surface area contributed by atoms with Crippen molar-refractivity contribution in [3.05, 3.63) is 83.4 Å². The first-order valence-electron chi connectivity index (χ1n) is 10.9. The molecule has 0 saturated heterocycles. The lowest BCUT2D eigenvalue weighted by Gasteiger charge is -2.27. The minimum absolute atomic E-state index is 0.0366. The Hall–Kier alpha value is -2.90. The van der Waals surface area contributed by atoms with Gasteiger partial charge < -0.3 is 5.11 Å². The van der Waals surface area contributed by atoms with Gasteiger partial charge in [-0.25, -0.2) is 0 Å². The number of hydrogen-bond acceptors (Lipinski definition) is 3. The maximum Gasteiger partial charge on any atom is 0.128 e. The van der Waals surface area contributed by atoms with E-state index in [1.54, 1.807) is 6.21 Å². The van der Waals surface area contributed by atoms with E-state index in [1.807, 2.05) is 48.5 Å². The molecule has 0 fully saturated rings.